The molecule has 8 nitrogen and oxygen atoms in total. The summed E-state index contributed by atoms with van der Waals surface area (Å²) in [5, 5.41) is 17.1. The molecule has 0 aliphatic heterocycles. The molecule has 1 aromatic heterocycles. The van der Waals surface area contributed by atoms with E-state index in [0.29, 0.717) is 40.7 Å². The zero-order chi connectivity index (χ0) is 37.5. The third kappa shape index (κ3) is 10.2. The smallest absolute Gasteiger partial charge is 0.311 e. The van der Waals surface area contributed by atoms with Crippen molar-refractivity contribution in [3.05, 3.63) is 123 Å². The Kier molecular flexibility index (Phi) is 13.0. The van der Waals surface area contributed by atoms with E-state index >= 15 is 0 Å². The first-order valence-corrected chi connectivity index (χ1v) is 17.7. The van der Waals surface area contributed by atoms with Crippen LogP contribution in [0.1, 0.15) is 80.5 Å². The minimum Gasteiger partial charge on any atom is -0.457 e. The van der Waals surface area contributed by atoms with Crippen LogP contribution in [-0.2, 0) is 35.0 Å². The Morgan fingerprint density at radius 3 is 2.25 bits per heavy atom. The topological polar surface area (TPSA) is 106 Å². The van der Waals surface area contributed by atoms with Gasteiger partial charge in [-0.05, 0) is 64.6 Å². The van der Waals surface area contributed by atoms with Gasteiger partial charge in [-0.2, -0.15) is 10.4 Å². The maximum Gasteiger partial charge on any atom is 0.311 e. The van der Waals surface area contributed by atoms with Gasteiger partial charge in [0.05, 0.1) is 16.6 Å². The van der Waals surface area contributed by atoms with Gasteiger partial charge in [-0.15, -0.1) is 0 Å². The molecule has 1 amide bonds. The van der Waals surface area contributed by atoms with E-state index in [9.17, 15) is 14.9 Å². The molecule has 11 heteroatoms. The standard InChI is InChI=1S/C22H19Cl2NO3.C18H24ClN3O/c1-22(2)17(12-19(23)24)20(22)21(26)28-18(13-25)14-7-6-10-16(11-14)27-15-8-4-3-5-9-15;1-6-14-15(19)16(22(5)21-14)17(23)20-11-12-7-9-13(10-8-12)18(2,3)4/h3-12,17-18,20H,1-2H3;7-10H,6,11H2,1-5H3,(H,20,23)/t17?,18-,20?;/m1./s1. The summed E-state index contributed by atoms with van der Waals surface area (Å²) in [6, 6.07) is 26.6. The number of hydrogen-bond donors (Lipinski definition) is 1. The summed E-state index contributed by atoms with van der Waals surface area (Å²) in [5.41, 5.74) is 3.84. The number of aryl methyl sites for hydroxylation is 2. The second-order valence-corrected chi connectivity index (χ2v) is 15.3. The first-order chi connectivity index (χ1) is 24.1. The summed E-state index contributed by atoms with van der Waals surface area (Å²) in [4.78, 5) is 25.0. The van der Waals surface area contributed by atoms with E-state index in [0.717, 1.165) is 11.3 Å². The van der Waals surface area contributed by atoms with E-state index in [1.54, 1.807) is 42.1 Å². The van der Waals surface area contributed by atoms with Crippen LogP contribution in [0.2, 0.25) is 5.02 Å². The van der Waals surface area contributed by atoms with Gasteiger partial charge >= 0.3 is 5.97 Å². The number of carbonyl (C=O) groups excluding carboxylic acids is 2. The second-order valence-electron chi connectivity index (χ2n) is 13.9. The molecule has 1 fully saturated rings. The molecule has 1 saturated carbocycles. The van der Waals surface area contributed by atoms with Crippen LogP contribution in [0.4, 0.5) is 0 Å². The number of para-hydroxylation sites is 1. The van der Waals surface area contributed by atoms with Gasteiger partial charge in [0, 0.05) is 19.2 Å². The molecule has 1 aliphatic carbocycles. The molecule has 4 aromatic rings. The number of nitrogens with one attached hydrogen (secondary N) is 1. The highest BCUT2D eigenvalue weighted by atomic mass is 35.5. The van der Waals surface area contributed by atoms with E-state index in [1.165, 1.54) is 5.56 Å². The normalized spacial score (nSPS) is 16.4. The van der Waals surface area contributed by atoms with Crippen LogP contribution in [-0.4, -0.2) is 21.7 Å². The van der Waals surface area contributed by atoms with Crippen molar-refractivity contribution in [2.45, 2.75) is 66.0 Å². The minimum absolute atomic E-state index is 0.114. The van der Waals surface area contributed by atoms with Crippen molar-refractivity contribution in [3.63, 3.8) is 0 Å². The lowest BCUT2D eigenvalue weighted by Gasteiger charge is -2.19. The number of benzene rings is 3. The monoisotopic (exact) mass is 748 g/mol. The molecule has 0 spiro atoms. The van der Waals surface area contributed by atoms with E-state index in [1.807, 2.05) is 69.3 Å². The minimum atomic E-state index is -1.03. The second kappa shape index (κ2) is 16.8. The summed E-state index contributed by atoms with van der Waals surface area (Å²) in [7, 11) is 1.73. The number of halogens is 3. The van der Waals surface area contributed by atoms with Gasteiger partial charge in [-0.1, -0.05) is 131 Å². The molecule has 0 saturated heterocycles. The number of rotatable bonds is 10. The predicted octanol–water partition coefficient (Wildman–Crippen LogP) is 10.0. The highest BCUT2D eigenvalue weighted by molar-refractivity contribution is 6.55. The molecule has 2 unspecified atom stereocenters. The van der Waals surface area contributed by atoms with E-state index < -0.39 is 12.1 Å². The molecule has 5 rings (SSSR count). The third-order valence-electron chi connectivity index (χ3n) is 8.84. The van der Waals surface area contributed by atoms with Gasteiger partial charge in [-0.3, -0.25) is 14.3 Å². The van der Waals surface area contributed by atoms with Gasteiger partial charge in [0.25, 0.3) is 5.91 Å². The maximum absolute atomic E-state index is 12.6. The van der Waals surface area contributed by atoms with E-state index in [2.05, 4.69) is 43.3 Å². The Bertz CT molecular complexity index is 1900. The molecule has 3 atom stereocenters. The molecule has 1 aliphatic rings. The molecule has 3 aromatic carbocycles. The first kappa shape index (κ1) is 39.5. The predicted molar refractivity (Wildman–Crippen MR) is 202 cm³/mol. The molecular formula is C40H43Cl3N4O4. The van der Waals surface area contributed by atoms with Gasteiger partial charge in [-0.25, -0.2) is 0 Å². The highest BCUT2D eigenvalue weighted by Crippen LogP contribution is 2.60. The Morgan fingerprint density at radius 1 is 1.04 bits per heavy atom. The fourth-order valence-corrected chi connectivity index (χ4v) is 6.36. The summed E-state index contributed by atoms with van der Waals surface area (Å²) in [5.74, 6) is 0.0852. The van der Waals surface area contributed by atoms with Crippen molar-refractivity contribution in [2.75, 3.05) is 0 Å². The number of aromatic nitrogens is 2. The summed E-state index contributed by atoms with van der Waals surface area (Å²) < 4.78 is 12.9. The molecule has 0 bridgehead atoms. The molecule has 1 heterocycles. The molecule has 268 valence electrons. The summed E-state index contributed by atoms with van der Waals surface area (Å²) >= 11 is 17.7. The van der Waals surface area contributed by atoms with Crippen molar-refractivity contribution < 1.29 is 19.1 Å². The third-order valence-corrected chi connectivity index (χ3v) is 9.49. The highest BCUT2D eigenvalue weighted by Gasteiger charge is 2.62. The summed E-state index contributed by atoms with van der Waals surface area (Å²) in [6.45, 7) is 12.8. The van der Waals surface area contributed by atoms with E-state index in [-0.39, 0.29) is 33.1 Å². The largest absolute Gasteiger partial charge is 0.457 e. The van der Waals surface area contributed by atoms with Crippen molar-refractivity contribution in [3.8, 4) is 17.6 Å². The number of esters is 1. The van der Waals surface area contributed by atoms with Crippen LogP contribution in [0, 0.1) is 28.6 Å². The van der Waals surface area contributed by atoms with Crippen LogP contribution in [0.3, 0.4) is 0 Å². The van der Waals surface area contributed by atoms with Gasteiger partial charge in [0.2, 0.25) is 6.10 Å². The average molecular weight is 750 g/mol. The number of carbonyl (C=O) groups is 2. The Morgan fingerprint density at radius 2 is 1.69 bits per heavy atom. The Hall–Kier alpha value is -4.29. The molecule has 51 heavy (non-hydrogen) atoms. The Labute approximate surface area is 315 Å². The van der Waals surface area contributed by atoms with Gasteiger partial charge in [0.1, 0.15) is 27.8 Å². The van der Waals surface area contributed by atoms with Gasteiger partial charge in [0.15, 0.2) is 0 Å². The SMILES string of the molecule is CC1(C)C(C=C(Cl)Cl)C1C(=O)O[C@H](C#N)c1cccc(Oc2ccccc2)c1.CCc1nn(C)c(C(=O)NCc2ccc(C(C)(C)C)cc2)c1Cl. The van der Waals surface area contributed by atoms with Crippen molar-refractivity contribution in [1.82, 2.24) is 15.1 Å². The maximum atomic E-state index is 12.6. The van der Waals surface area contributed by atoms with Crippen LogP contribution < -0.4 is 10.1 Å². The quantitative estimate of drug-likeness (QED) is 0.162. The lowest BCUT2D eigenvalue weighted by Crippen LogP contribution is -2.25. The van der Waals surface area contributed by atoms with Crippen molar-refractivity contribution in [2.24, 2.45) is 24.3 Å². The van der Waals surface area contributed by atoms with Crippen LogP contribution >= 0.6 is 34.8 Å². The number of allylic oxidation sites excluding steroid dienone is 1. The molecule has 1 N–H and O–H groups in total. The van der Waals surface area contributed by atoms with Crippen LogP contribution in [0.25, 0.3) is 0 Å². The number of nitriles is 1. The summed E-state index contributed by atoms with van der Waals surface area (Å²) in [6.07, 6.45) is 1.32. The number of amides is 1. The van der Waals surface area contributed by atoms with Crippen molar-refractivity contribution in [1.29, 1.82) is 5.26 Å². The molecule has 0 radical (unpaired) electrons. The lowest BCUT2D eigenvalue weighted by atomic mass is 9.87. The number of nitrogens with zero attached hydrogens (tertiary/aromatic N) is 3. The zero-order valence-corrected chi connectivity index (χ0v) is 32.1. The lowest BCUT2D eigenvalue weighted by molar-refractivity contribution is -0.149. The fourth-order valence-electron chi connectivity index (χ4n) is 5.71. The Balaban J connectivity index is 0.000000233. The molecular weight excluding hydrogens is 707 g/mol. The average Bonchev–Trinajstić information content (AvgIpc) is 3.48. The number of hydrogen-bond acceptors (Lipinski definition) is 6. The first-order valence-electron chi connectivity index (χ1n) is 16.6. The van der Waals surface area contributed by atoms with Crippen LogP contribution in [0.5, 0.6) is 11.5 Å². The number of ether oxygens (including phenoxy) is 2. The van der Waals surface area contributed by atoms with Crippen molar-refractivity contribution >= 4 is 46.7 Å². The van der Waals surface area contributed by atoms with Gasteiger partial charge < -0.3 is 14.8 Å². The van der Waals surface area contributed by atoms with E-state index in [4.69, 9.17) is 44.3 Å². The fraction of sp³-hybridized carbons (Fsp3) is 0.350. The zero-order valence-electron chi connectivity index (χ0n) is 29.8. The van der Waals surface area contributed by atoms with Crippen LogP contribution in [0.15, 0.2) is 89.4 Å².